The summed E-state index contributed by atoms with van der Waals surface area (Å²) < 4.78 is 22.0. The number of ether oxygens (including phenoxy) is 4. The average molecular weight is 493 g/mol. The van der Waals surface area contributed by atoms with Gasteiger partial charge in [0.25, 0.3) is 5.91 Å². The molecule has 9 heteroatoms. The van der Waals surface area contributed by atoms with E-state index in [9.17, 15) is 4.79 Å². The van der Waals surface area contributed by atoms with Crippen molar-refractivity contribution < 1.29 is 23.7 Å². The Hall–Kier alpha value is -4.01. The number of aromatic nitrogens is 2. The number of hydrogen-bond donors (Lipinski definition) is 0. The van der Waals surface area contributed by atoms with Crippen LogP contribution < -0.4 is 23.8 Å². The van der Waals surface area contributed by atoms with E-state index in [1.807, 2.05) is 55.1 Å². The molecule has 1 amide bonds. The molecule has 1 saturated heterocycles. The van der Waals surface area contributed by atoms with Crippen LogP contribution >= 0.6 is 0 Å². The van der Waals surface area contributed by atoms with E-state index >= 15 is 0 Å². The van der Waals surface area contributed by atoms with Crippen molar-refractivity contribution in [2.45, 2.75) is 13.8 Å². The molecule has 0 spiro atoms. The van der Waals surface area contributed by atoms with Crippen molar-refractivity contribution in [1.82, 2.24) is 15.1 Å². The molecule has 2 heterocycles. The molecule has 1 aliphatic rings. The van der Waals surface area contributed by atoms with Crippen molar-refractivity contribution in [3.63, 3.8) is 0 Å². The molecule has 0 bridgehead atoms. The van der Waals surface area contributed by atoms with Crippen molar-refractivity contribution in [3.05, 3.63) is 53.6 Å². The maximum absolute atomic E-state index is 12.7. The number of amides is 1. The van der Waals surface area contributed by atoms with Crippen molar-refractivity contribution in [3.8, 4) is 34.3 Å². The molecule has 2 aromatic carbocycles. The van der Waals surface area contributed by atoms with E-state index in [1.165, 1.54) is 0 Å². The van der Waals surface area contributed by atoms with Crippen LogP contribution in [0.25, 0.3) is 11.3 Å². The Morgan fingerprint density at radius 3 is 2.00 bits per heavy atom. The van der Waals surface area contributed by atoms with Crippen molar-refractivity contribution in [2.75, 3.05) is 59.0 Å². The second-order valence-corrected chi connectivity index (χ2v) is 8.67. The number of piperazine rings is 1. The Kier molecular flexibility index (Phi) is 7.77. The number of aryl methyl sites for hydroxylation is 2. The van der Waals surface area contributed by atoms with Gasteiger partial charge in [-0.15, -0.1) is 10.2 Å². The highest BCUT2D eigenvalue weighted by atomic mass is 16.5. The van der Waals surface area contributed by atoms with Crippen LogP contribution in [0.15, 0.2) is 42.5 Å². The molecule has 0 N–H and O–H groups in total. The van der Waals surface area contributed by atoms with Gasteiger partial charge in [0.05, 0.1) is 27.0 Å². The minimum absolute atomic E-state index is 0.0161. The fourth-order valence-electron chi connectivity index (χ4n) is 4.31. The Balaban J connectivity index is 1.35. The predicted molar refractivity (Wildman–Crippen MR) is 137 cm³/mol. The molecular formula is C27H32N4O5. The van der Waals surface area contributed by atoms with Gasteiger partial charge >= 0.3 is 0 Å². The van der Waals surface area contributed by atoms with Gasteiger partial charge in [0, 0.05) is 31.7 Å². The molecule has 0 atom stereocenters. The summed E-state index contributed by atoms with van der Waals surface area (Å²) in [6.07, 6.45) is 0. The molecule has 36 heavy (non-hydrogen) atoms. The smallest absolute Gasteiger partial charge is 0.260 e. The molecule has 0 aliphatic carbocycles. The second kappa shape index (κ2) is 11.2. The zero-order valence-electron chi connectivity index (χ0n) is 21.4. The third-order valence-electron chi connectivity index (χ3n) is 6.12. The third-order valence-corrected chi connectivity index (χ3v) is 6.12. The van der Waals surface area contributed by atoms with E-state index < -0.39 is 0 Å². The molecule has 3 aromatic rings. The van der Waals surface area contributed by atoms with Gasteiger partial charge in [-0.2, -0.15) is 0 Å². The Morgan fingerprint density at radius 1 is 0.833 bits per heavy atom. The van der Waals surface area contributed by atoms with Gasteiger partial charge in [-0.05, 0) is 61.4 Å². The zero-order chi connectivity index (χ0) is 25.7. The molecular weight excluding hydrogens is 460 g/mol. The maximum Gasteiger partial charge on any atom is 0.260 e. The summed E-state index contributed by atoms with van der Waals surface area (Å²) in [5, 5.41) is 8.85. The summed E-state index contributed by atoms with van der Waals surface area (Å²) in [6, 6.07) is 13.5. The minimum atomic E-state index is -0.0161. The Morgan fingerprint density at radius 2 is 1.47 bits per heavy atom. The van der Waals surface area contributed by atoms with Crippen LogP contribution in [0.4, 0.5) is 5.82 Å². The van der Waals surface area contributed by atoms with Crippen LogP contribution in [0.3, 0.4) is 0 Å². The van der Waals surface area contributed by atoms with Gasteiger partial charge in [-0.1, -0.05) is 6.07 Å². The zero-order valence-corrected chi connectivity index (χ0v) is 21.4. The molecule has 0 radical (unpaired) electrons. The lowest BCUT2D eigenvalue weighted by Gasteiger charge is -2.35. The van der Waals surface area contributed by atoms with Crippen LogP contribution in [0.2, 0.25) is 0 Å². The highest BCUT2D eigenvalue weighted by Gasteiger charge is 2.23. The number of carbonyl (C=O) groups is 1. The summed E-state index contributed by atoms with van der Waals surface area (Å²) in [5.74, 6) is 3.12. The SMILES string of the molecule is COc1cc(-c2ccc(N3CCN(C(=O)COc4cc(C)cc(C)c4)CC3)nn2)cc(OC)c1OC. The van der Waals surface area contributed by atoms with Gasteiger partial charge in [-0.25, -0.2) is 0 Å². The normalized spacial score (nSPS) is 13.4. The number of benzene rings is 2. The van der Waals surface area contributed by atoms with Crippen molar-refractivity contribution in [2.24, 2.45) is 0 Å². The van der Waals surface area contributed by atoms with E-state index in [4.69, 9.17) is 18.9 Å². The fraction of sp³-hybridized carbons (Fsp3) is 0.370. The first-order valence-corrected chi connectivity index (χ1v) is 11.8. The van der Waals surface area contributed by atoms with E-state index in [1.54, 1.807) is 21.3 Å². The second-order valence-electron chi connectivity index (χ2n) is 8.67. The van der Waals surface area contributed by atoms with Crippen LogP contribution in [-0.2, 0) is 4.79 Å². The van der Waals surface area contributed by atoms with Gasteiger partial charge in [-0.3, -0.25) is 4.79 Å². The number of rotatable bonds is 8. The molecule has 4 rings (SSSR count). The van der Waals surface area contributed by atoms with Crippen molar-refractivity contribution >= 4 is 11.7 Å². The lowest BCUT2D eigenvalue weighted by atomic mass is 10.1. The van der Waals surface area contributed by atoms with Crippen LogP contribution in [0.5, 0.6) is 23.0 Å². The van der Waals surface area contributed by atoms with E-state index in [2.05, 4.69) is 21.2 Å². The summed E-state index contributed by atoms with van der Waals surface area (Å²) in [6.45, 7) is 6.62. The largest absolute Gasteiger partial charge is 0.493 e. The van der Waals surface area contributed by atoms with Crippen molar-refractivity contribution in [1.29, 1.82) is 0 Å². The third kappa shape index (κ3) is 5.62. The molecule has 0 saturated carbocycles. The molecule has 1 aliphatic heterocycles. The van der Waals surface area contributed by atoms with Crippen LogP contribution in [0.1, 0.15) is 11.1 Å². The summed E-state index contributed by atoms with van der Waals surface area (Å²) in [7, 11) is 4.73. The van der Waals surface area contributed by atoms with Gasteiger partial charge in [0.2, 0.25) is 5.75 Å². The Bertz CT molecular complexity index is 1160. The monoisotopic (exact) mass is 492 g/mol. The number of carbonyl (C=O) groups excluding carboxylic acids is 1. The van der Waals surface area contributed by atoms with Crippen LogP contribution in [0, 0.1) is 13.8 Å². The topological polar surface area (TPSA) is 86.3 Å². The van der Waals surface area contributed by atoms with E-state index in [-0.39, 0.29) is 12.5 Å². The lowest BCUT2D eigenvalue weighted by Crippen LogP contribution is -2.50. The Labute approximate surface area is 211 Å². The summed E-state index contributed by atoms with van der Waals surface area (Å²) in [5.41, 5.74) is 3.73. The van der Waals surface area contributed by atoms with E-state index in [0.717, 1.165) is 28.3 Å². The number of nitrogens with zero attached hydrogens (tertiary/aromatic N) is 4. The first-order chi connectivity index (χ1) is 17.4. The molecule has 1 fully saturated rings. The van der Waals surface area contributed by atoms with Gasteiger partial charge in [0.1, 0.15) is 5.75 Å². The average Bonchev–Trinajstić information content (AvgIpc) is 2.90. The van der Waals surface area contributed by atoms with Gasteiger partial charge in [0.15, 0.2) is 23.9 Å². The van der Waals surface area contributed by atoms with Gasteiger partial charge < -0.3 is 28.7 Å². The quantitative estimate of drug-likeness (QED) is 0.472. The highest BCUT2D eigenvalue weighted by molar-refractivity contribution is 5.78. The summed E-state index contributed by atoms with van der Waals surface area (Å²) in [4.78, 5) is 16.6. The molecule has 9 nitrogen and oxygen atoms in total. The highest BCUT2D eigenvalue weighted by Crippen LogP contribution is 2.40. The number of hydrogen-bond acceptors (Lipinski definition) is 8. The van der Waals surface area contributed by atoms with Crippen LogP contribution in [-0.4, -0.2) is 75.1 Å². The number of anilines is 1. The summed E-state index contributed by atoms with van der Waals surface area (Å²) >= 11 is 0. The first kappa shape index (κ1) is 25.1. The fourth-order valence-corrected chi connectivity index (χ4v) is 4.31. The van der Waals surface area contributed by atoms with E-state index in [0.29, 0.717) is 49.1 Å². The lowest BCUT2D eigenvalue weighted by molar-refractivity contribution is -0.133. The number of methoxy groups -OCH3 is 3. The minimum Gasteiger partial charge on any atom is -0.493 e. The first-order valence-electron chi connectivity index (χ1n) is 11.8. The molecule has 0 unspecified atom stereocenters. The predicted octanol–water partition coefficient (Wildman–Crippen LogP) is 3.51. The standard InChI is InChI=1S/C27H32N4O5/c1-18-12-19(2)14-21(13-18)36-17-26(32)31-10-8-30(9-11-31)25-7-6-22(28-29-25)20-15-23(33-3)27(35-5)24(16-20)34-4/h6-7,12-16H,8-11,17H2,1-5H3. The maximum atomic E-state index is 12.7. The molecule has 190 valence electrons. The molecule has 1 aromatic heterocycles.